The average molecular weight is 527 g/mol. The lowest BCUT2D eigenvalue weighted by Gasteiger charge is -2.31. The second kappa shape index (κ2) is 11.4. The number of carbonyl (C=O) groups is 3. The van der Waals surface area contributed by atoms with Gasteiger partial charge in [-0.15, -0.1) is 0 Å². The number of methoxy groups -OCH3 is 1. The van der Waals surface area contributed by atoms with E-state index < -0.39 is 11.5 Å². The van der Waals surface area contributed by atoms with Crippen molar-refractivity contribution in [2.45, 2.75) is 19.8 Å². The predicted molar refractivity (Wildman–Crippen MR) is 137 cm³/mol. The maximum atomic E-state index is 13.2. The summed E-state index contributed by atoms with van der Waals surface area (Å²) in [5, 5.41) is 7.86. The predicted octanol–water partition coefficient (Wildman–Crippen LogP) is 2.58. The molecular weight excluding hydrogens is 500 g/mol. The summed E-state index contributed by atoms with van der Waals surface area (Å²) >= 11 is 6.24. The lowest BCUT2D eigenvalue weighted by molar-refractivity contribution is -0.151. The second-order valence-corrected chi connectivity index (χ2v) is 8.95. The maximum absolute atomic E-state index is 13.2. The van der Waals surface area contributed by atoms with E-state index in [9.17, 15) is 19.2 Å². The van der Waals surface area contributed by atoms with Crippen molar-refractivity contribution < 1.29 is 23.9 Å². The molecule has 0 aliphatic carbocycles. The Morgan fingerprint density at radius 2 is 1.92 bits per heavy atom. The van der Waals surface area contributed by atoms with Crippen LogP contribution in [0.25, 0.3) is 16.5 Å². The zero-order chi connectivity index (χ0) is 26.5. The normalized spacial score (nSPS) is 15.3. The van der Waals surface area contributed by atoms with Gasteiger partial charge in [-0.25, -0.2) is 0 Å². The molecule has 1 atom stereocenters. The van der Waals surface area contributed by atoms with Crippen LogP contribution in [0.4, 0.5) is 0 Å². The first-order chi connectivity index (χ1) is 17.8. The van der Waals surface area contributed by atoms with Gasteiger partial charge in [0.15, 0.2) is 5.69 Å². The van der Waals surface area contributed by atoms with Crippen LogP contribution in [0.3, 0.4) is 0 Å². The first-order valence-electron chi connectivity index (χ1n) is 11.9. The van der Waals surface area contributed by atoms with E-state index >= 15 is 0 Å². The summed E-state index contributed by atoms with van der Waals surface area (Å²) in [6, 6.07) is 11.3. The summed E-state index contributed by atoms with van der Waals surface area (Å²) < 4.78 is 11.4. The van der Waals surface area contributed by atoms with Crippen molar-refractivity contribution in [3.05, 3.63) is 63.5 Å². The number of piperidine rings is 1. The Bertz CT molecular complexity index is 1410. The van der Waals surface area contributed by atoms with E-state index in [0.717, 1.165) is 4.68 Å². The van der Waals surface area contributed by atoms with Crippen molar-refractivity contribution in [2.75, 3.05) is 33.4 Å². The molecule has 1 aliphatic heterocycles. The Kier molecular flexibility index (Phi) is 8.08. The molecular formula is C26H27ClN4O6. The third-order valence-corrected chi connectivity index (χ3v) is 6.49. The van der Waals surface area contributed by atoms with Crippen LogP contribution < -0.4 is 15.6 Å². The third kappa shape index (κ3) is 5.59. The van der Waals surface area contributed by atoms with Crippen LogP contribution in [-0.4, -0.2) is 65.8 Å². The summed E-state index contributed by atoms with van der Waals surface area (Å²) in [7, 11) is 1.48. The molecule has 1 fully saturated rings. The highest BCUT2D eigenvalue weighted by Crippen LogP contribution is 2.26. The summed E-state index contributed by atoms with van der Waals surface area (Å²) in [5.41, 5.74) is -0.0919. The summed E-state index contributed by atoms with van der Waals surface area (Å²) in [6.07, 6.45) is 1.33. The van der Waals surface area contributed by atoms with Gasteiger partial charge >= 0.3 is 5.97 Å². The summed E-state index contributed by atoms with van der Waals surface area (Å²) in [6.45, 7) is 2.49. The lowest BCUT2D eigenvalue weighted by atomic mass is 9.98. The molecule has 0 spiro atoms. The number of carbonyl (C=O) groups excluding carboxylic acids is 3. The van der Waals surface area contributed by atoms with E-state index in [2.05, 4.69) is 10.4 Å². The fourth-order valence-corrected chi connectivity index (χ4v) is 4.58. The number of nitrogens with zero attached hydrogens (tertiary/aromatic N) is 3. The first kappa shape index (κ1) is 26.2. The maximum Gasteiger partial charge on any atom is 0.310 e. The molecule has 2 amide bonds. The number of hydrogen-bond donors (Lipinski definition) is 1. The number of fused-ring (bicyclic) bond motifs is 1. The molecule has 0 bridgehead atoms. The van der Waals surface area contributed by atoms with Crippen LogP contribution in [0.5, 0.6) is 5.75 Å². The number of benzene rings is 2. The van der Waals surface area contributed by atoms with Crippen LogP contribution in [0.2, 0.25) is 5.02 Å². The van der Waals surface area contributed by atoms with Gasteiger partial charge in [-0.2, -0.15) is 9.78 Å². The highest BCUT2D eigenvalue weighted by Gasteiger charge is 2.29. The summed E-state index contributed by atoms with van der Waals surface area (Å²) in [4.78, 5) is 52.8. The zero-order valence-corrected chi connectivity index (χ0v) is 21.3. The zero-order valence-electron chi connectivity index (χ0n) is 20.5. The van der Waals surface area contributed by atoms with E-state index in [0.29, 0.717) is 36.2 Å². The second-order valence-electron chi connectivity index (χ2n) is 8.54. The summed E-state index contributed by atoms with van der Waals surface area (Å²) in [5.74, 6) is -1.20. The van der Waals surface area contributed by atoms with Gasteiger partial charge in [0.05, 0.1) is 42.3 Å². The Labute approximate surface area is 218 Å². The lowest BCUT2D eigenvalue weighted by Crippen LogP contribution is -2.47. The third-order valence-electron chi connectivity index (χ3n) is 6.19. The molecule has 2 aromatic carbocycles. The minimum absolute atomic E-state index is 0.0158. The quantitative estimate of drug-likeness (QED) is 0.470. The minimum atomic E-state index is -0.614. The van der Waals surface area contributed by atoms with E-state index in [-0.39, 0.29) is 53.6 Å². The Hall–Kier alpha value is -3.92. The number of amides is 2. The highest BCUT2D eigenvalue weighted by molar-refractivity contribution is 6.32. The molecule has 194 valence electrons. The molecule has 1 aliphatic rings. The van der Waals surface area contributed by atoms with Crippen LogP contribution in [0.1, 0.15) is 30.3 Å². The van der Waals surface area contributed by atoms with Crippen molar-refractivity contribution in [2.24, 2.45) is 5.92 Å². The van der Waals surface area contributed by atoms with E-state index in [1.54, 1.807) is 48.2 Å². The van der Waals surface area contributed by atoms with Gasteiger partial charge in [-0.05, 0) is 44.0 Å². The van der Waals surface area contributed by atoms with Gasteiger partial charge in [0, 0.05) is 18.5 Å². The van der Waals surface area contributed by atoms with Gasteiger partial charge < -0.3 is 19.7 Å². The largest absolute Gasteiger partial charge is 0.495 e. The van der Waals surface area contributed by atoms with Crippen LogP contribution in [-0.2, 0) is 14.3 Å². The molecule has 4 rings (SSSR count). The topological polar surface area (TPSA) is 120 Å². The van der Waals surface area contributed by atoms with Crippen LogP contribution in [0, 0.1) is 5.92 Å². The molecule has 0 unspecified atom stereocenters. The monoisotopic (exact) mass is 526 g/mol. The highest BCUT2D eigenvalue weighted by atomic mass is 35.5. The fraction of sp³-hybridized carbons (Fsp3) is 0.346. The van der Waals surface area contributed by atoms with Crippen molar-refractivity contribution in [3.8, 4) is 11.4 Å². The van der Waals surface area contributed by atoms with Crippen molar-refractivity contribution in [1.29, 1.82) is 0 Å². The van der Waals surface area contributed by atoms with Crippen LogP contribution in [0.15, 0.2) is 47.3 Å². The standard InChI is InChI=1S/C26H27ClN4O6/c1-3-37-26(35)16-7-6-12-30(15-16)22(32)14-28-24(33)23-18-8-4-5-9-19(18)25(34)31(29-23)17-10-11-21(36-2)20(27)13-17/h4-5,8-11,13,16H,3,6-7,12,14-15H2,1-2H3,(H,28,33)/t16-/m0/s1. The van der Waals surface area contributed by atoms with Gasteiger partial charge in [-0.1, -0.05) is 29.8 Å². The van der Waals surface area contributed by atoms with E-state index in [4.69, 9.17) is 21.1 Å². The Morgan fingerprint density at radius 1 is 1.16 bits per heavy atom. The number of hydrogen-bond acceptors (Lipinski definition) is 7. The van der Waals surface area contributed by atoms with Gasteiger partial charge in [-0.3, -0.25) is 19.2 Å². The Balaban J connectivity index is 1.57. The number of aromatic nitrogens is 2. The van der Waals surface area contributed by atoms with Crippen molar-refractivity contribution >= 4 is 40.2 Å². The average Bonchev–Trinajstić information content (AvgIpc) is 2.92. The molecule has 2 heterocycles. The molecule has 1 saturated heterocycles. The molecule has 1 N–H and O–H groups in total. The number of esters is 1. The molecule has 11 heteroatoms. The van der Waals surface area contributed by atoms with E-state index in [1.807, 2.05) is 0 Å². The number of likely N-dealkylation sites (tertiary alicyclic amines) is 1. The first-order valence-corrected chi connectivity index (χ1v) is 12.3. The fourth-order valence-electron chi connectivity index (χ4n) is 4.33. The van der Waals surface area contributed by atoms with Gasteiger partial charge in [0.2, 0.25) is 5.91 Å². The number of rotatable bonds is 7. The molecule has 0 saturated carbocycles. The van der Waals surface area contributed by atoms with Gasteiger partial charge in [0.1, 0.15) is 5.75 Å². The number of halogens is 1. The van der Waals surface area contributed by atoms with Crippen LogP contribution >= 0.6 is 11.6 Å². The smallest absolute Gasteiger partial charge is 0.310 e. The number of nitrogens with one attached hydrogen (secondary N) is 1. The molecule has 3 aromatic rings. The molecule has 0 radical (unpaired) electrons. The molecule has 1 aromatic heterocycles. The van der Waals surface area contributed by atoms with Crippen molar-refractivity contribution in [3.63, 3.8) is 0 Å². The van der Waals surface area contributed by atoms with Crippen molar-refractivity contribution in [1.82, 2.24) is 20.0 Å². The van der Waals surface area contributed by atoms with Gasteiger partial charge in [0.25, 0.3) is 11.5 Å². The number of ether oxygens (including phenoxy) is 2. The Morgan fingerprint density at radius 3 is 2.62 bits per heavy atom. The molecule has 10 nitrogen and oxygen atoms in total. The minimum Gasteiger partial charge on any atom is -0.495 e. The molecule has 37 heavy (non-hydrogen) atoms. The van der Waals surface area contributed by atoms with E-state index in [1.165, 1.54) is 13.2 Å². The SMILES string of the molecule is CCOC(=O)[C@H]1CCCN(C(=O)CNC(=O)c2nn(-c3ccc(OC)c(Cl)c3)c(=O)c3ccccc23)C1.